The number of hydrogen-bond donors (Lipinski definition) is 1. The van der Waals surface area contributed by atoms with Crippen molar-refractivity contribution >= 4 is 38.2 Å². The maximum absolute atomic E-state index is 11.7. The Morgan fingerprint density at radius 2 is 1.86 bits per heavy atom. The van der Waals surface area contributed by atoms with Crippen LogP contribution in [-0.2, 0) is 0 Å². The van der Waals surface area contributed by atoms with E-state index in [9.17, 15) is 10.1 Å². The summed E-state index contributed by atoms with van der Waals surface area (Å²) in [5.74, 6) is 0.859. The number of nitrogens with one attached hydrogen (secondary N) is 1. The third kappa shape index (κ3) is 3.78. The van der Waals surface area contributed by atoms with E-state index in [1.165, 1.54) is 17.7 Å². The Kier molecular flexibility index (Phi) is 4.92. The first-order valence-corrected chi connectivity index (χ1v) is 9.31. The lowest BCUT2D eigenvalue weighted by Crippen LogP contribution is -2.03. The van der Waals surface area contributed by atoms with Gasteiger partial charge in [0, 0.05) is 0 Å². The average molecular weight is 409 g/mol. The molecule has 2 heterocycles. The molecule has 0 saturated heterocycles. The van der Waals surface area contributed by atoms with Crippen LogP contribution in [-0.4, -0.2) is 27.0 Å². The molecule has 0 amide bonds. The molecule has 1 N–H and O–H groups in total. The fraction of sp³-hybridized carbons (Fsp3) is 0.105. The summed E-state index contributed by atoms with van der Waals surface area (Å²) in [6.07, 6.45) is 1.20. The van der Waals surface area contributed by atoms with Gasteiger partial charge in [0.15, 0.2) is 5.13 Å². The number of hydrogen-bond acceptors (Lipinski definition) is 9. The molecule has 146 valence electrons. The van der Waals surface area contributed by atoms with Crippen molar-refractivity contribution in [3.8, 4) is 17.4 Å². The van der Waals surface area contributed by atoms with E-state index in [4.69, 9.17) is 9.47 Å². The highest BCUT2D eigenvalue weighted by molar-refractivity contribution is 7.22. The first-order chi connectivity index (χ1) is 14.0. The lowest BCUT2D eigenvalue weighted by Gasteiger charge is -2.08. The Morgan fingerprint density at radius 1 is 1.10 bits per heavy atom. The lowest BCUT2D eigenvalue weighted by atomic mass is 10.2. The van der Waals surface area contributed by atoms with E-state index in [1.54, 1.807) is 31.4 Å². The molecule has 4 rings (SSSR count). The van der Waals surface area contributed by atoms with Crippen LogP contribution in [0.15, 0.2) is 48.8 Å². The molecule has 0 spiro atoms. The van der Waals surface area contributed by atoms with E-state index in [0.29, 0.717) is 16.6 Å². The maximum atomic E-state index is 11.7. The topological polar surface area (TPSA) is 112 Å². The molecule has 0 atom stereocenters. The van der Waals surface area contributed by atoms with Gasteiger partial charge >= 0.3 is 11.6 Å². The number of benzene rings is 2. The normalized spacial score (nSPS) is 10.7. The van der Waals surface area contributed by atoms with Gasteiger partial charge in [-0.1, -0.05) is 23.5 Å². The third-order valence-electron chi connectivity index (χ3n) is 4.09. The fourth-order valence-corrected chi connectivity index (χ4v) is 3.63. The van der Waals surface area contributed by atoms with Crippen molar-refractivity contribution in [2.75, 3.05) is 12.4 Å². The van der Waals surface area contributed by atoms with Gasteiger partial charge in [-0.2, -0.15) is 4.98 Å². The highest BCUT2D eigenvalue weighted by Crippen LogP contribution is 2.37. The van der Waals surface area contributed by atoms with Gasteiger partial charge in [-0.15, -0.1) is 0 Å². The number of nitro groups is 1. The van der Waals surface area contributed by atoms with E-state index < -0.39 is 4.92 Å². The predicted molar refractivity (Wildman–Crippen MR) is 109 cm³/mol. The second-order valence-corrected chi connectivity index (χ2v) is 7.01. The quantitative estimate of drug-likeness (QED) is 0.355. The first kappa shape index (κ1) is 18.6. The van der Waals surface area contributed by atoms with Gasteiger partial charge in [0.25, 0.3) is 0 Å². The summed E-state index contributed by atoms with van der Waals surface area (Å²) in [6, 6.07) is 12.5. The minimum Gasteiger partial charge on any atom is -0.497 e. The molecule has 0 fully saturated rings. The minimum absolute atomic E-state index is 0.00483. The van der Waals surface area contributed by atoms with E-state index in [-0.39, 0.29) is 17.4 Å². The summed E-state index contributed by atoms with van der Waals surface area (Å²) in [7, 11) is 1.55. The standard InChI is InChI=1S/C19H15N5O4S/c1-11-4-3-5-14-15(11)22-19(29-14)23-17-16(24(25)26)18(21-10-20-17)28-13-8-6-12(27-2)7-9-13/h3-10H,1-2H3,(H,20,21,22,23). The number of rotatable bonds is 6. The van der Waals surface area contributed by atoms with Crippen molar-refractivity contribution in [2.24, 2.45) is 0 Å². The molecule has 0 unspecified atom stereocenters. The molecule has 0 aliphatic heterocycles. The lowest BCUT2D eigenvalue weighted by molar-refractivity contribution is -0.385. The summed E-state index contributed by atoms with van der Waals surface area (Å²) >= 11 is 1.38. The number of fused-ring (bicyclic) bond motifs is 1. The third-order valence-corrected chi connectivity index (χ3v) is 5.03. The molecule has 0 saturated carbocycles. The van der Waals surface area contributed by atoms with Gasteiger partial charge in [0.05, 0.1) is 22.2 Å². The van der Waals surface area contributed by atoms with E-state index >= 15 is 0 Å². The number of anilines is 2. The summed E-state index contributed by atoms with van der Waals surface area (Å²) in [5, 5.41) is 15.1. The summed E-state index contributed by atoms with van der Waals surface area (Å²) < 4.78 is 11.7. The highest BCUT2D eigenvalue weighted by Gasteiger charge is 2.26. The molecule has 0 aliphatic carbocycles. The second-order valence-electron chi connectivity index (χ2n) is 5.98. The summed E-state index contributed by atoms with van der Waals surface area (Å²) in [4.78, 5) is 23.6. The second kappa shape index (κ2) is 7.68. The van der Waals surface area contributed by atoms with Crippen LogP contribution in [0, 0.1) is 17.0 Å². The maximum Gasteiger partial charge on any atom is 0.373 e. The van der Waals surface area contributed by atoms with Crippen LogP contribution in [0.2, 0.25) is 0 Å². The molecule has 2 aromatic carbocycles. The number of thiazole rings is 1. The van der Waals surface area contributed by atoms with Gasteiger partial charge < -0.3 is 14.8 Å². The zero-order chi connectivity index (χ0) is 20.4. The van der Waals surface area contributed by atoms with Gasteiger partial charge in [-0.05, 0) is 42.8 Å². The molecule has 2 aromatic heterocycles. The van der Waals surface area contributed by atoms with Crippen molar-refractivity contribution in [3.05, 3.63) is 64.5 Å². The van der Waals surface area contributed by atoms with Crippen LogP contribution in [0.3, 0.4) is 0 Å². The Morgan fingerprint density at radius 3 is 2.55 bits per heavy atom. The number of nitrogens with zero attached hydrogens (tertiary/aromatic N) is 4. The van der Waals surface area contributed by atoms with Crippen molar-refractivity contribution in [1.82, 2.24) is 15.0 Å². The van der Waals surface area contributed by atoms with Crippen LogP contribution in [0.5, 0.6) is 17.4 Å². The Balaban J connectivity index is 1.68. The minimum atomic E-state index is -0.584. The zero-order valence-corrected chi connectivity index (χ0v) is 16.3. The fourth-order valence-electron chi connectivity index (χ4n) is 2.69. The smallest absolute Gasteiger partial charge is 0.373 e. The number of ether oxygens (including phenoxy) is 2. The zero-order valence-electron chi connectivity index (χ0n) is 15.4. The number of aromatic nitrogens is 3. The monoisotopic (exact) mass is 409 g/mol. The van der Waals surface area contributed by atoms with Crippen molar-refractivity contribution in [2.45, 2.75) is 6.92 Å². The summed E-state index contributed by atoms with van der Waals surface area (Å²) in [5.41, 5.74) is 1.48. The highest BCUT2D eigenvalue weighted by atomic mass is 32.1. The van der Waals surface area contributed by atoms with Crippen LogP contribution in [0.4, 0.5) is 16.6 Å². The van der Waals surface area contributed by atoms with Crippen LogP contribution in [0.25, 0.3) is 10.2 Å². The van der Waals surface area contributed by atoms with E-state index in [0.717, 1.165) is 15.8 Å². The van der Waals surface area contributed by atoms with Crippen LogP contribution in [0.1, 0.15) is 5.56 Å². The molecule has 0 bridgehead atoms. The predicted octanol–water partition coefficient (Wildman–Crippen LogP) is 4.85. The molecule has 9 nitrogen and oxygen atoms in total. The molecule has 29 heavy (non-hydrogen) atoms. The average Bonchev–Trinajstić information content (AvgIpc) is 3.12. The molecular formula is C19H15N5O4S. The number of methoxy groups -OCH3 is 1. The van der Waals surface area contributed by atoms with Crippen molar-refractivity contribution in [3.63, 3.8) is 0 Å². The Bertz CT molecular complexity index is 1190. The Labute approximate surface area is 169 Å². The van der Waals surface area contributed by atoms with Crippen molar-refractivity contribution in [1.29, 1.82) is 0 Å². The van der Waals surface area contributed by atoms with E-state index in [2.05, 4.69) is 20.3 Å². The Hall–Kier alpha value is -3.79. The molecule has 10 heteroatoms. The largest absolute Gasteiger partial charge is 0.497 e. The van der Waals surface area contributed by atoms with Gasteiger partial charge in [-0.25, -0.2) is 9.97 Å². The molecule has 0 radical (unpaired) electrons. The van der Waals surface area contributed by atoms with Gasteiger partial charge in [0.2, 0.25) is 5.82 Å². The van der Waals surface area contributed by atoms with Gasteiger partial charge in [0.1, 0.15) is 17.8 Å². The SMILES string of the molecule is COc1ccc(Oc2ncnc(Nc3nc4c(C)cccc4s3)c2[N+](=O)[O-])cc1. The van der Waals surface area contributed by atoms with Gasteiger partial charge in [-0.3, -0.25) is 10.1 Å². The van der Waals surface area contributed by atoms with Crippen molar-refractivity contribution < 1.29 is 14.4 Å². The molecule has 4 aromatic rings. The van der Waals surface area contributed by atoms with E-state index in [1.807, 2.05) is 25.1 Å². The number of aryl methyl sites for hydroxylation is 1. The molecular weight excluding hydrogens is 394 g/mol. The first-order valence-electron chi connectivity index (χ1n) is 8.49. The number of para-hydroxylation sites is 1. The summed E-state index contributed by atoms with van der Waals surface area (Å²) in [6.45, 7) is 1.96. The molecule has 0 aliphatic rings. The van der Waals surface area contributed by atoms with Crippen LogP contribution < -0.4 is 14.8 Å². The van der Waals surface area contributed by atoms with Crippen LogP contribution >= 0.6 is 11.3 Å².